The van der Waals surface area contributed by atoms with Crippen LogP contribution in [0, 0.1) is 5.92 Å². The Morgan fingerprint density at radius 1 is 0.962 bits per heavy atom. The van der Waals surface area contributed by atoms with Crippen molar-refractivity contribution in [3.05, 3.63) is 0 Å². The molecule has 7 N–H and O–H groups in total. The number of aliphatic carboxylic acids is 2. The van der Waals surface area contributed by atoms with Crippen LogP contribution in [0.4, 0.5) is 0 Å². The number of thiol groups is 1. The fourth-order valence-corrected chi connectivity index (χ4v) is 2.13. The summed E-state index contributed by atoms with van der Waals surface area (Å²) < 4.78 is 0. The summed E-state index contributed by atoms with van der Waals surface area (Å²) in [5, 5.41) is 24.7. The Kier molecular flexibility index (Phi) is 10.3. The first-order valence-corrected chi connectivity index (χ1v) is 8.32. The molecule has 0 saturated carbocycles. The second kappa shape index (κ2) is 11.3. The van der Waals surface area contributed by atoms with Crippen LogP contribution in [0.1, 0.15) is 20.3 Å². The second-order valence-corrected chi connectivity index (χ2v) is 6.10. The summed E-state index contributed by atoms with van der Waals surface area (Å²) in [5.74, 6) is -5.71. The van der Waals surface area contributed by atoms with Crippen LogP contribution in [0.25, 0.3) is 0 Å². The number of carboxylic acid groups (broad SMARTS) is 2. The van der Waals surface area contributed by atoms with E-state index in [9.17, 15) is 24.0 Å². The SMILES string of the molecule is CC(C)C(NC(=O)C(CC(=O)O)NC(=O)C(CS)NC(=O)CN)C(=O)O. The molecule has 3 atom stereocenters. The summed E-state index contributed by atoms with van der Waals surface area (Å²) in [6.45, 7) is 2.75. The summed E-state index contributed by atoms with van der Waals surface area (Å²) in [5.41, 5.74) is 5.14. The van der Waals surface area contributed by atoms with E-state index in [0.29, 0.717) is 0 Å². The smallest absolute Gasteiger partial charge is 0.326 e. The molecule has 0 fully saturated rings. The van der Waals surface area contributed by atoms with Crippen molar-refractivity contribution in [3.8, 4) is 0 Å². The minimum absolute atomic E-state index is 0.122. The second-order valence-electron chi connectivity index (χ2n) is 5.73. The number of nitrogens with one attached hydrogen (secondary N) is 3. The maximum atomic E-state index is 12.2. The molecule has 0 aromatic heterocycles. The van der Waals surface area contributed by atoms with Crippen molar-refractivity contribution in [2.24, 2.45) is 11.7 Å². The van der Waals surface area contributed by atoms with Crippen molar-refractivity contribution in [1.29, 1.82) is 0 Å². The molecular formula is C14H24N4O7S. The molecule has 3 amide bonds. The predicted octanol–water partition coefficient (Wildman–Crippen LogP) is -2.46. The fraction of sp³-hybridized carbons (Fsp3) is 0.643. The molecule has 0 aliphatic heterocycles. The average molecular weight is 392 g/mol. The van der Waals surface area contributed by atoms with Gasteiger partial charge in [0.25, 0.3) is 0 Å². The van der Waals surface area contributed by atoms with Crippen LogP contribution >= 0.6 is 12.6 Å². The van der Waals surface area contributed by atoms with Gasteiger partial charge in [-0.25, -0.2) is 4.79 Å². The van der Waals surface area contributed by atoms with E-state index in [2.05, 4.69) is 28.6 Å². The Bertz CT molecular complexity index is 555. The minimum atomic E-state index is -1.53. The molecule has 12 heteroatoms. The number of carbonyl (C=O) groups is 5. The van der Waals surface area contributed by atoms with Crippen LogP contribution in [0.15, 0.2) is 0 Å². The Morgan fingerprint density at radius 3 is 1.88 bits per heavy atom. The van der Waals surface area contributed by atoms with E-state index in [1.54, 1.807) is 13.8 Å². The molecule has 3 unspecified atom stereocenters. The monoisotopic (exact) mass is 392 g/mol. The number of rotatable bonds is 11. The molecule has 26 heavy (non-hydrogen) atoms. The topological polar surface area (TPSA) is 188 Å². The lowest BCUT2D eigenvalue weighted by Crippen LogP contribution is -2.57. The number of carbonyl (C=O) groups excluding carboxylic acids is 3. The zero-order valence-electron chi connectivity index (χ0n) is 14.4. The fourth-order valence-electron chi connectivity index (χ4n) is 1.87. The standard InChI is InChI=1S/C14H24N4O7S/c1-6(2)11(14(24)25)18-12(22)7(3-10(20)21)17-13(23)8(5-26)16-9(19)4-15/h6-8,11,26H,3-5,15H2,1-2H3,(H,16,19)(H,17,23)(H,18,22)(H,20,21)(H,24,25). The minimum Gasteiger partial charge on any atom is -0.481 e. The summed E-state index contributed by atoms with van der Waals surface area (Å²) in [6, 6.07) is -3.93. The lowest BCUT2D eigenvalue weighted by molar-refractivity contribution is -0.144. The number of hydrogen-bond donors (Lipinski definition) is 7. The van der Waals surface area contributed by atoms with E-state index in [1.807, 2.05) is 0 Å². The van der Waals surface area contributed by atoms with E-state index in [-0.39, 0.29) is 12.3 Å². The predicted molar refractivity (Wildman–Crippen MR) is 93.4 cm³/mol. The molecular weight excluding hydrogens is 368 g/mol. The molecule has 0 radical (unpaired) electrons. The van der Waals surface area contributed by atoms with Crippen LogP contribution in [0.5, 0.6) is 0 Å². The van der Waals surface area contributed by atoms with Crippen molar-refractivity contribution < 1.29 is 34.2 Å². The summed E-state index contributed by atoms with van der Waals surface area (Å²) in [6.07, 6.45) is -0.772. The first-order chi connectivity index (χ1) is 12.0. The van der Waals surface area contributed by atoms with Gasteiger partial charge in [0, 0.05) is 5.75 Å². The van der Waals surface area contributed by atoms with Gasteiger partial charge in [-0.3, -0.25) is 19.2 Å². The molecule has 0 aliphatic rings. The average Bonchev–Trinajstić information content (AvgIpc) is 2.54. The van der Waals surface area contributed by atoms with Crippen molar-refractivity contribution >= 4 is 42.3 Å². The number of nitrogens with two attached hydrogens (primary N) is 1. The number of amides is 3. The van der Waals surface area contributed by atoms with Gasteiger partial charge in [-0.05, 0) is 5.92 Å². The van der Waals surface area contributed by atoms with Gasteiger partial charge in [0.15, 0.2) is 0 Å². The third kappa shape index (κ3) is 8.16. The van der Waals surface area contributed by atoms with Crippen molar-refractivity contribution in [3.63, 3.8) is 0 Å². The first kappa shape index (κ1) is 23.7. The molecule has 0 rings (SSSR count). The molecule has 148 valence electrons. The van der Waals surface area contributed by atoms with Crippen LogP contribution < -0.4 is 21.7 Å². The lowest BCUT2D eigenvalue weighted by Gasteiger charge is -2.24. The van der Waals surface area contributed by atoms with Gasteiger partial charge >= 0.3 is 11.9 Å². The highest BCUT2D eigenvalue weighted by Crippen LogP contribution is 2.04. The van der Waals surface area contributed by atoms with E-state index in [0.717, 1.165) is 0 Å². The molecule has 0 aliphatic carbocycles. The van der Waals surface area contributed by atoms with E-state index >= 15 is 0 Å². The molecule has 0 spiro atoms. The van der Waals surface area contributed by atoms with Crippen LogP contribution in [-0.4, -0.2) is 70.3 Å². The number of carboxylic acids is 2. The Morgan fingerprint density at radius 2 is 1.50 bits per heavy atom. The summed E-state index contributed by atoms with van der Waals surface area (Å²) >= 11 is 3.91. The van der Waals surface area contributed by atoms with Crippen molar-refractivity contribution in [1.82, 2.24) is 16.0 Å². The van der Waals surface area contributed by atoms with Gasteiger partial charge in [-0.1, -0.05) is 13.8 Å². The van der Waals surface area contributed by atoms with Gasteiger partial charge in [0.2, 0.25) is 17.7 Å². The first-order valence-electron chi connectivity index (χ1n) is 7.69. The normalized spacial score (nSPS) is 14.0. The molecule has 0 aromatic carbocycles. The highest BCUT2D eigenvalue weighted by atomic mass is 32.1. The van der Waals surface area contributed by atoms with Gasteiger partial charge < -0.3 is 31.9 Å². The van der Waals surface area contributed by atoms with E-state index in [1.165, 1.54) is 0 Å². The van der Waals surface area contributed by atoms with Gasteiger partial charge in [0.05, 0.1) is 13.0 Å². The summed E-state index contributed by atoms with van der Waals surface area (Å²) in [4.78, 5) is 57.8. The van der Waals surface area contributed by atoms with E-state index < -0.39 is 60.1 Å². The lowest BCUT2D eigenvalue weighted by atomic mass is 10.0. The van der Waals surface area contributed by atoms with Crippen LogP contribution in [0.2, 0.25) is 0 Å². The molecule has 11 nitrogen and oxygen atoms in total. The maximum absolute atomic E-state index is 12.2. The molecule has 0 bridgehead atoms. The van der Waals surface area contributed by atoms with Gasteiger partial charge in [0.1, 0.15) is 18.1 Å². The third-order valence-corrected chi connectivity index (χ3v) is 3.63. The largest absolute Gasteiger partial charge is 0.481 e. The molecule has 0 aromatic rings. The highest BCUT2D eigenvalue weighted by Gasteiger charge is 2.31. The zero-order chi connectivity index (χ0) is 20.4. The molecule has 0 saturated heterocycles. The van der Waals surface area contributed by atoms with Gasteiger partial charge in [-0.15, -0.1) is 0 Å². The van der Waals surface area contributed by atoms with Crippen molar-refractivity contribution in [2.75, 3.05) is 12.3 Å². The quantitative estimate of drug-likeness (QED) is 0.189. The van der Waals surface area contributed by atoms with Crippen molar-refractivity contribution in [2.45, 2.75) is 38.4 Å². The van der Waals surface area contributed by atoms with E-state index in [4.69, 9.17) is 15.9 Å². The van der Waals surface area contributed by atoms with Crippen LogP contribution in [-0.2, 0) is 24.0 Å². The van der Waals surface area contributed by atoms with Crippen LogP contribution in [0.3, 0.4) is 0 Å². The zero-order valence-corrected chi connectivity index (χ0v) is 15.3. The Hall–Kier alpha value is -2.34. The van der Waals surface area contributed by atoms with Gasteiger partial charge in [-0.2, -0.15) is 12.6 Å². The maximum Gasteiger partial charge on any atom is 0.326 e. The number of hydrogen-bond acceptors (Lipinski definition) is 7. The third-order valence-electron chi connectivity index (χ3n) is 3.26. The molecule has 0 heterocycles. The Balaban J connectivity index is 5.20. The summed E-state index contributed by atoms with van der Waals surface area (Å²) in [7, 11) is 0. The Labute approximate surface area is 155 Å². The highest BCUT2D eigenvalue weighted by molar-refractivity contribution is 7.80.